The number of aromatic carboxylic acids is 1. The van der Waals surface area contributed by atoms with Gasteiger partial charge in [0.25, 0.3) is 5.56 Å². The zero-order valence-electron chi connectivity index (χ0n) is 11.1. The van der Waals surface area contributed by atoms with Crippen LogP contribution in [0.4, 0.5) is 0 Å². The van der Waals surface area contributed by atoms with Crippen molar-refractivity contribution in [2.45, 2.75) is 0 Å². The molecule has 1 N–H and O–H groups in total. The number of rotatable bonds is 3. The Morgan fingerprint density at radius 3 is 2.68 bits per heavy atom. The maximum atomic E-state index is 12.3. The number of benzene rings is 1. The van der Waals surface area contributed by atoms with Gasteiger partial charge in [-0.3, -0.25) is 9.20 Å². The van der Waals surface area contributed by atoms with Gasteiger partial charge in [-0.1, -0.05) is 47.7 Å². The highest BCUT2D eigenvalue weighted by Gasteiger charge is 2.14. The third kappa shape index (κ3) is 2.72. The molecule has 0 amide bonds. The van der Waals surface area contributed by atoms with E-state index < -0.39 is 5.97 Å². The molecule has 22 heavy (non-hydrogen) atoms. The van der Waals surface area contributed by atoms with Gasteiger partial charge in [-0.15, -0.1) is 0 Å². The maximum absolute atomic E-state index is 12.3. The van der Waals surface area contributed by atoms with Crippen molar-refractivity contribution in [1.29, 1.82) is 0 Å². The normalized spacial score (nSPS) is 11.3. The summed E-state index contributed by atoms with van der Waals surface area (Å²) in [4.78, 5) is 28.0. The molecule has 5 nitrogen and oxygen atoms in total. The maximum Gasteiger partial charge on any atom is 0.347 e. The standard InChI is InChI=1S/C15H9BrN2O3S/c16-12-10(7-6-9-4-2-1-3-5-9)17-15-18(13(12)19)8-11(22-15)14(20)21/h1-8H,(H,20,21). The smallest absolute Gasteiger partial charge is 0.347 e. The summed E-state index contributed by atoms with van der Waals surface area (Å²) in [6.07, 6.45) is 4.85. The van der Waals surface area contributed by atoms with Crippen LogP contribution in [0.15, 0.2) is 45.8 Å². The first-order chi connectivity index (χ1) is 10.6. The minimum atomic E-state index is -1.08. The van der Waals surface area contributed by atoms with Crippen molar-refractivity contribution >= 4 is 50.3 Å². The quantitative estimate of drug-likeness (QED) is 0.760. The largest absolute Gasteiger partial charge is 0.477 e. The molecule has 7 heteroatoms. The van der Waals surface area contributed by atoms with Gasteiger partial charge >= 0.3 is 5.97 Å². The van der Waals surface area contributed by atoms with Crippen molar-refractivity contribution in [3.05, 3.63) is 67.5 Å². The Kier molecular flexibility index (Phi) is 3.91. The van der Waals surface area contributed by atoms with Crippen molar-refractivity contribution < 1.29 is 9.90 Å². The van der Waals surface area contributed by atoms with Gasteiger partial charge in [0, 0.05) is 6.20 Å². The summed E-state index contributed by atoms with van der Waals surface area (Å²) < 4.78 is 1.53. The minimum absolute atomic E-state index is 0.0701. The molecule has 0 fully saturated rings. The molecule has 2 aromatic heterocycles. The van der Waals surface area contributed by atoms with Crippen LogP contribution in [-0.4, -0.2) is 20.5 Å². The van der Waals surface area contributed by atoms with Gasteiger partial charge in [0.2, 0.25) is 0 Å². The average Bonchev–Trinajstić information content (AvgIpc) is 2.95. The first-order valence-electron chi connectivity index (χ1n) is 6.24. The van der Waals surface area contributed by atoms with Crippen molar-refractivity contribution in [3.8, 4) is 0 Å². The summed E-state index contributed by atoms with van der Waals surface area (Å²) in [5.74, 6) is -1.08. The van der Waals surface area contributed by atoms with E-state index in [2.05, 4.69) is 20.9 Å². The monoisotopic (exact) mass is 376 g/mol. The van der Waals surface area contributed by atoms with E-state index in [-0.39, 0.29) is 10.4 Å². The molecular formula is C15H9BrN2O3S. The molecule has 3 aromatic rings. The van der Waals surface area contributed by atoms with Gasteiger partial charge in [-0.25, -0.2) is 9.78 Å². The molecule has 3 rings (SSSR count). The van der Waals surface area contributed by atoms with Crippen LogP contribution in [0.3, 0.4) is 0 Å². The number of carboxylic acids is 1. The molecule has 0 atom stereocenters. The predicted octanol–water partition coefficient (Wildman–Crippen LogP) is 3.39. The van der Waals surface area contributed by atoms with Gasteiger partial charge < -0.3 is 5.11 Å². The lowest BCUT2D eigenvalue weighted by molar-refractivity contribution is 0.0702. The second-order valence-electron chi connectivity index (χ2n) is 4.41. The van der Waals surface area contributed by atoms with E-state index in [1.54, 1.807) is 6.08 Å². The van der Waals surface area contributed by atoms with E-state index in [0.29, 0.717) is 15.1 Å². The molecule has 1 aromatic carbocycles. The lowest BCUT2D eigenvalue weighted by Crippen LogP contribution is -2.15. The van der Waals surface area contributed by atoms with E-state index in [1.807, 2.05) is 36.4 Å². The number of aromatic nitrogens is 2. The van der Waals surface area contributed by atoms with Crippen LogP contribution in [0.25, 0.3) is 17.1 Å². The number of halogens is 1. The fourth-order valence-electron chi connectivity index (χ4n) is 1.88. The van der Waals surface area contributed by atoms with Crippen molar-refractivity contribution in [2.24, 2.45) is 0 Å². The van der Waals surface area contributed by atoms with Crippen LogP contribution in [0, 0.1) is 0 Å². The first-order valence-corrected chi connectivity index (χ1v) is 7.85. The predicted molar refractivity (Wildman–Crippen MR) is 89.4 cm³/mol. The Morgan fingerprint density at radius 2 is 2.00 bits per heavy atom. The molecule has 0 aliphatic heterocycles. The van der Waals surface area contributed by atoms with Gasteiger partial charge in [-0.2, -0.15) is 0 Å². The molecule has 110 valence electrons. The number of hydrogen-bond acceptors (Lipinski definition) is 4. The number of carbonyl (C=O) groups is 1. The minimum Gasteiger partial charge on any atom is -0.477 e. The Balaban J connectivity index is 2.10. The number of thiazole rings is 1. The Bertz CT molecular complexity index is 945. The van der Waals surface area contributed by atoms with Crippen LogP contribution in [0.5, 0.6) is 0 Å². The van der Waals surface area contributed by atoms with Gasteiger partial charge in [-0.05, 0) is 27.6 Å². The van der Waals surface area contributed by atoms with Gasteiger partial charge in [0.05, 0.1) is 5.69 Å². The van der Waals surface area contributed by atoms with Crippen molar-refractivity contribution in [3.63, 3.8) is 0 Å². The van der Waals surface area contributed by atoms with Crippen LogP contribution in [0.1, 0.15) is 20.9 Å². The Hall–Kier alpha value is -2.25. The van der Waals surface area contributed by atoms with E-state index in [4.69, 9.17) is 5.11 Å². The highest BCUT2D eigenvalue weighted by molar-refractivity contribution is 9.10. The van der Waals surface area contributed by atoms with E-state index in [9.17, 15) is 9.59 Å². The molecule has 0 saturated heterocycles. The lowest BCUT2D eigenvalue weighted by Gasteiger charge is -1.99. The van der Waals surface area contributed by atoms with E-state index in [1.165, 1.54) is 10.6 Å². The summed E-state index contributed by atoms with van der Waals surface area (Å²) >= 11 is 4.19. The van der Waals surface area contributed by atoms with Crippen molar-refractivity contribution in [1.82, 2.24) is 9.38 Å². The summed E-state index contributed by atoms with van der Waals surface area (Å²) in [5.41, 5.74) is 1.11. The molecule has 0 bridgehead atoms. The number of nitrogens with zero attached hydrogens (tertiary/aromatic N) is 2. The van der Waals surface area contributed by atoms with Crippen LogP contribution in [-0.2, 0) is 0 Å². The zero-order chi connectivity index (χ0) is 15.7. The average molecular weight is 377 g/mol. The SMILES string of the molecule is O=C(O)c1cn2c(=O)c(Br)c(C=Cc3ccccc3)nc2s1. The Labute approximate surface area is 137 Å². The third-order valence-electron chi connectivity index (χ3n) is 2.95. The molecular weight excluding hydrogens is 368 g/mol. The number of fused-ring (bicyclic) bond motifs is 1. The van der Waals surface area contributed by atoms with E-state index in [0.717, 1.165) is 16.9 Å². The second kappa shape index (κ2) is 5.86. The van der Waals surface area contributed by atoms with Crippen LogP contribution in [0.2, 0.25) is 0 Å². The van der Waals surface area contributed by atoms with E-state index >= 15 is 0 Å². The zero-order valence-corrected chi connectivity index (χ0v) is 13.5. The second-order valence-corrected chi connectivity index (χ2v) is 6.22. The van der Waals surface area contributed by atoms with Gasteiger partial charge in [0.15, 0.2) is 4.96 Å². The highest BCUT2D eigenvalue weighted by Crippen LogP contribution is 2.20. The van der Waals surface area contributed by atoms with Gasteiger partial charge in [0.1, 0.15) is 9.35 Å². The molecule has 0 aliphatic carbocycles. The lowest BCUT2D eigenvalue weighted by atomic mass is 10.2. The molecule has 2 heterocycles. The van der Waals surface area contributed by atoms with Crippen molar-refractivity contribution in [2.75, 3.05) is 0 Å². The molecule has 0 unspecified atom stereocenters. The summed E-state index contributed by atoms with van der Waals surface area (Å²) in [6.45, 7) is 0. The summed E-state index contributed by atoms with van der Waals surface area (Å²) in [7, 11) is 0. The van der Waals surface area contributed by atoms with Crippen LogP contribution >= 0.6 is 27.3 Å². The molecule has 0 radical (unpaired) electrons. The summed E-state index contributed by atoms with van der Waals surface area (Å²) in [5, 5.41) is 9.01. The highest BCUT2D eigenvalue weighted by atomic mass is 79.9. The fourth-order valence-corrected chi connectivity index (χ4v) is 3.12. The third-order valence-corrected chi connectivity index (χ3v) is 4.66. The molecule has 0 aliphatic rings. The molecule has 0 spiro atoms. The summed E-state index contributed by atoms with van der Waals surface area (Å²) in [6, 6.07) is 9.62. The number of carboxylic acid groups (broad SMARTS) is 1. The first kappa shape index (κ1) is 14.7. The molecule has 0 saturated carbocycles. The fraction of sp³-hybridized carbons (Fsp3) is 0. The Morgan fingerprint density at radius 1 is 1.27 bits per heavy atom. The topological polar surface area (TPSA) is 71.7 Å². The van der Waals surface area contributed by atoms with Crippen LogP contribution < -0.4 is 5.56 Å². The number of hydrogen-bond donors (Lipinski definition) is 1.